The van der Waals surface area contributed by atoms with Crippen LogP contribution in [0.25, 0.3) is 0 Å². The lowest BCUT2D eigenvalue weighted by Crippen LogP contribution is -2.07. The van der Waals surface area contributed by atoms with E-state index in [9.17, 15) is 13.9 Å². The fourth-order valence-electron chi connectivity index (χ4n) is 2.08. The standard InChI is InChI=1S/C15H18F2N2O2S/c1-21-4-2-3-19-14(9-20)8-18-15(19)22-10-11-5-12(16)7-13(17)6-11/h5-8,20H,2-4,9-10H2,1H3. The number of rotatable bonds is 8. The van der Waals surface area contributed by atoms with Gasteiger partial charge in [-0.1, -0.05) is 11.8 Å². The highest BCUT2D eigenvalue weighted by Gasteiger charge is 2.10. The minimum Gasteiger partial charge on any atom is -0.390 e. The third kappa shape index (κ3) is 4.53. The summed E-state index contributed by atoms with van der Waals surface area (Å²) < 4.78 is 33.3. The number of benzene rings is 1. The van der Waals surface area contributed by atoms with E-state index in [1.54, 1.807) is 13.3 Å². The molecule has 0 aliphatic heterocycles. The van der Waals surface area contributed by atoms with E-state index in [-0.39, 0.29) is 6.61 Å². The molecule has 0 spiro atoms. The Kier molecular flexibility index (Phi) is 6.35. The van der Waals surface area contributed by atoms with Crippen molar-refractivity contribution < 1.29 is 18.6 Å². The van der Waals surface area contributed by atoms with Gasteiger partial charge in [0.25, 0.3) is 0 Å². The Labute approximate surface area is 132 Å². The van der Waals surface area contributed by atoms with Crippen LogP contribution in [0.15, 0.2) is 29.6 Å². The van der Waals surface area contributed by atoms with Gasteiger partial charge in [-0.2, -0.15) is 0 Å². The molecule has 0 unspecified atom stereocenters. The summed E-state index contributed by atoms with van der Waals surface area (Å²) in [6.07, 6.45) is 2.41. The van der Waals surface area contributed by atoms with Crippen LogP contribution in [0.2, 0.25) is 0 Å². The number of thioether (sulfide) groups is 1. The molecule has 0 radical (unpaired) electrons. The van der Waals surface area contributed by atoms with Crippen molar-refractivity contribution in [1.29, 1.82) is 0 Å². The number of hydrogen-bond acceptors (Lipinski definition) is 4. The molecule has 0 amide bonds. The van der Waals surface area contributed by atoms with Crippen molar-refractivity contribution in [2.75, 3.05) is 13.7 Å². The molecule has 1 heterocycles. The third-order valence-electron chi connectivity index (χ3n) is 3.08. The zero-order valence-electron chi connectivity index (χ0n) is 12.3. The fraction of sp³-hybridized carbons (Fsp3) is 0.400. The summed E-state index contributed by atoms with van der Waals surface area (Å²) in [4.78, 5) is 4.26. The first kappa shape index (κ1) is 16.9. The zero-order chi connectivity index (χ0) is 15.9. The van der Waals surface area contributed by atoms with E-state index in [4.69, 9.17) is 4.74 Å². The topological polar surface area (TPSA) is 47.3 Å². The van der Waals surface area contributed by atoms with Crippen molar-refractivity contribution >= 4 is 11.8 Å². The lowest BCUT2D eigenvalue weighted by atomic mass is 10.2. The molecule has 0 aliphatic rings. The van der Waals surface area contributed by atoms with Gasteiger partial charge in [-0.15, -0.1) is 0 Å². The molecule has 0 saturated carbocycles. The minimum atomic E-state index is -0.588. The van der Waals surface area contributed by atoms with E-state index in [2.05, 4.69) is 4.98 Å². The molecule has 0 saturated heterocycles. The second-order valence-electron chi connectivity index (χ2n) is 4.75. The number of halogens is 2. The number of methoxy groups -OCH3 is 1. The molecule has 2 aromatic rings. The van der Waals surface area contributed by atoms with E-state index < -0.39 is 11.6 Å². The number of hydrogen-bond donors (Lipinski definition) is 1. The molecule has 1 aromatic carbocycles. The molecular formula is C15H18F2N2O2S. The highest BCUT2D eigenvalue weighted by Crippen LogP contribution is 2.24. The van der Waals surface area contributed by atoms with Crippen LogP contribution in [0.1, 0.15) is 17.7 Å². The van der Waals surface area contributed by atoms with Gasteiger partial charge in [0.2, 0.25) is 0 Å². The molecule has 2 rings (SSSR count). The van der Waals surface area contributed by atoms with Crippen molar-refractivity contribution in [3.8, 4) is 0 Å². The van der Waals surface area contributed by atoms with Gasteiger partial charge in [-0.3, -0.25) is 0 Å². The van der Waals surface area contributed by atoms with Gasteiger partial charge in [-0.05, 0) is 24.1 Å². The highest BCUT2D eigenvalue weighted by atomic mass is 32.2. The van der Waals surface area contributed by atoms with Gasteiger partial charge in [0, 0.05) is 32.1 Å². The lowest BCUT2D eigenvalue weighted by molar-refractivity contribution is 0.187. The van der Waals surface area contributed by atoms with Gasteiger partial charge < -0.3 is 14.4 Å². The molecular weight excluding hydrogens is 310 g/mol. The number of imidazole rings is 1. The zero-order valence-corrected chi connectivity index (χ0v) is 13.1. The second kappa shape index (κ2) is 8.26. The number of ether oxygens (including phenoxy) is 1. The van der Waals surface area contributed by atoms with Crippen molar-refractivity contribution in [2.24, 2.45) is 0 Å². The molecule has 0 aliphatic carbocycles. The Balaban J connectivity index is 2.06. The van der Waals surface area contributed by atoms with Crippen LogP contribution in [0.3, 0.4) is 0 Å². The molecule has 1 aromatic heterocycles. The van der Waals surface area contributed by atoms with E-state index >= 15 is 0 Å². The van der Waals surface area contributed by atoms with Crippen molar-refractivity contribution in [1.82, 2.24) is 9.55 Å². The largest absolute Gasteiger partial charge is 0.390 e. The summed E-state index contributed by atoms with van der Waals surface area (Å²) in [6.45, 7) is 1.18. The smallest absolute Gasteiger partial charge is 0.168 e. The van der Waals surface area contributed by atoms with Crippen LogP contribution < -0.4 is 0 Å². The van der Waals surface area contributed by atoms with Crippen LogP contribution in [0.5, 0.6) is 0 Å². The number of nitrogens with zero attached hydrogens (tertiary/aromatic N) is 2. The fourth-order valence-corrected chi connectivity index (χ4v) is 3.04. The van der Waals surface area contributed by atoms with Crippen molar-refractivity contribution in [3.63, 3.8) is 0 Å². The quantitative estimate of drug-likeness (QED) is 0.598. The molecule has 0 fully saturated rings. The van der Waals surface area contributed by atoms with E-state index in [1.165, 1.54) is 23.9 Å². The van der Waals surface area contributed by atoms with Gasteiger partial charge in [0.05, 0.1) is 18.5 Å². The summed E-state index contributed by atoms with van der Waals surface area (Å²) in [7, 11) is 1.63. The molecule has 7 heteroatoms. The maximum Gasteiger partial charge on any atom is 0.168 e. The Bertz CT molecular complexity index is 599. The number of aliphatic hydroxyl groups is 1. The van der Waals surface area contributed by atoms with Gasteiger partial charge in [0.1, 0.15) is 11.6 Å². The molecule has 1 N–H and O–H groups in total. The summed E-state index contributed by atoms with van der Waals surface area (Å²) in [5, 5.41) is 10.1. The normalized spacial score (nSPS) is 11.1. The van der Waals surface area contributed by atoms with E-state index in [0.717, 1.165) is 12.5 Å². The van der Waals surface area contributed by atoms with Crippen molar-refractivity contribution in [3.05, 3.63) is 47.3 Å². The summed E-state index contributed by atoms with van der Waals surface area (Å²) in [5.41, 5.74) is 1.27. The Morgan fingerprint density at radius 1 is 1.27 bits per heavy atom. The first-order valence-corrected chi connectivity index (χ1v) is 7.84. The van der Waals surface area contributed by atoms with Crippen LogP contribution in [-0.4, -0.2) is 28.4 Å². The summed E-state index contributed by atoms with van der Waals surface area (Å²) >= 11 is 1.38. The van der Waals surface area contributed by atoms with Crippen LogP contribution in [0, 0.1) is 11.6 Å². The van der Waals surface area contributed by atoms with Crippen molar-refractivity contribution in [2.45, 2.75) is 30.5 Å². The Hall–Kier alpha value is -1.44. The van der Waals surface area contributed by atoms with Crippen LogP contribution >= 0.6 is 11.8 Å². The third-order valence-corrected chi connectivity index (χ3v) is 4.15. The second-order valence-corrected chi connectivity index (χ2v) is 5.70. The molecule has 0 atom stereocenters. The van der Waals surface area contributed by atoms with Gasteiger partial charge in [-0.25, -0.2) is 13.8 Å². The highest BCUT2D eigenvalue weighted by molar-refractivity contribution is 7.98. The van der Waals surface area contributed by atoms with E-state index in [1.807, 2.05) is 4.57 Å². The first-order valence-electron chi connectivity index (χ1n) is 6.86. The predicted octanol–water partition coefficient (Wildman–Crippen LogP) is 2.98. The molecule has 4 nitrogen and oxygen atoms in total. The lowest BCUT2D eigenvalue weighted by Gasteiger charge is -2.10. The van der Waals surface area contributed by atoms with Crippen LogP contribution in [0.4, 0.5) is 8.78 Å². The predicted molar refractivity (Wildman–Crippen MR) is 80.6 cm³/mol. The molecule has 22 heavy (non-hydrogen) atoms. The number of aliphatic hydroxyl groups excluding tert-OH is 1. The SMILES string of the molecule is COCCCn1c(CO)cnc1SCc1cc(F)cc(F)c1. The van der Waals surface area contributed by atoms with Gasteiger partial charge >= 0.3 is 0 Å². The maximum absolute atomic E-state index is 13.2. The summed E-state index contributed by atoms with van der Waals surface area (Å²) in [6, 6.07) is 3.46. The monoisotopic (exact) mass is 328 g/mol. The minimum absolute atomic E-state index is 0.102. The molecule has 120 valence electrons. The van der Waals surface area contributed by atoms with Crippen LogP contribution in [-0.2, 0) is 23.6 Å². The first-order chi connectivity index (χ1) is 10.6. The average molecular weight is 328 g/mol. The molecule has 0 bridgehead atoms. The van der Waals surface area contributed by atoms with E-state index in [0.29, 0.717) is 35.3 Å². The Morgan fingerprint density at radius 2 is 2.00 bits per heavy atom. The number of aromatic nitrogens is 2. The Morgan fingerprint density at radius 3 is 2.64 bits per heavy atom. The summed E-state index contributed by atoms with van der Waals surface area (Å²) in [5.74, 6) is -0.772. The maximum atomic E-state index is 13.2. The average Bonchev–Trinajstić information content (AvgIpc) is 2.87. The van der Waals surface area contributed by atoms with Gasteiger partial charge in [0.15, 0.2) is 5.16 Å².